The number of likely N-dealkylation sites (N-methyl/N-ethyl adjacent to an activating group) is 1. The number of hydrogen-bond acceptors (Lipinski definition) is 4. The number of nitrogens with zero attached hydrogens (tertiary/aromatic N) is 1. The van der Waals surface area contributed by atoms with Gasteiger partial charge < -0.3 is 4.74 Å². The summed E-state index contributed by atoms with van der Waals surface area (Å²) in [6.07, 6.45) is 1.80. The highest BCUT2D eigenvalue weighted by atomic mass is 79.9. The molecule has 0 N–H and O–H groups in total. The van der Waals surface area contributed by atoms with Gasteiger partial charge in [-0.15, -0.1) is 0 Å². The Morgan fingerprint density at radius 1 is 1.27 bits per heavy atom. The summed E-state index contributed by atoms with van der Waals surface area (Å²) in [6.45, 7) is 2.91. The summed E-state index contributed by atoms with van der Waals surface area (Å²) < 4.78 is 7.40. The van der Waals surface area contributed by atoms with Crippen LogP contribution in [0.5, 0.6) is 5.75 Å². The number of rotatable bonds is 5. The Hall–Kier alpha value is -1.34. The van der Waals surface area contributed by atoms with E-state index in [9.17, 15) is 4.79 Å². The Balaban J connectivity index is 1.71. The molecule has 3 nitrogen and oxygen atoms in total. The van der Waals surface area contributed by atoms with Gasteiger partial charge in [0.15, 0.2) is 0 Å². The van der Waals surface area contributed by atoms with Crippen LogP contribution in [0.1, 0.15) is 18.1 Å². The molecular formula is C19H15BrClNO2S2. The van der Waals surface area contributed by atoms with Gasteiger partial charge in [0.25, 0.3) is 5.91 Å². The molecule has 0 spiro atoms. The maximum atomic E-state index is 12.3. The third kappa shape index (κ3) is 4.49. The van der Waals surface area contributed by atoms with Gasteiger partial charge in [0.1, 0.15) is 16.7 Å². The first kappa shape index (κ1) is 19.4. The van der Waals surface area contributed by atoms with E-state index in [-0.39, 0.29) is 5.91 Å². The van der Waals surface area contributed by atoms with Gasteiger partial charge >= 0.3 is 0 Å². The second-order valence-corrected chi connectivity index (χ2v) is 8.53. The van der Waals surface area contributed by atoms with E-state index in [4.69, 9.17) is 28.6 Å². The fourth-order valence-electron chi connectivity index (χ4n) is 2.39. The number of ether oxygens (including phenoxy) is 1. The van der Waals surface area contributed by atoms with Gasteiger partial charge in [-0.25, -0.2) is 0 Å². The highest BCUT2D eigenvalue weighted by molar-refractivity contribution is 9.10. The van der Waals surface area contributed by atoms with Crippen LogP contribution >= 0.6 is 51.5 Å². The number of thioether (sulfide) groups is 1. The number of carbonyl (C=O) groups is 1. The average molecular weight is 469 g/mol. The van der Waals surface area contributed by atoms with Crippen LogP contribution < -0.4 is 4.74 Å². The average Bonchev–Trinajstić information content (AvgIpc) is 2.88. The lowest BCUT2D eigenvalue weighted by atomic mass is 10.2. The van der Waals surface area contributed by atoms with E-state index in [2.05, 4.69) is 15.9 Å². The van der Waals surface area contributed by atoms with Crippen molar-refractivity contribution in [1.82, 2.24) is 4.90 Å². The van der Waals surface area contributed by atoms with Gasteiger partial charge in [0.05, 0.1) is 9.93 Å². The summed E-state index contributed by atoms with van der Waals surface area (Å²) >= 11 is 16.3. The Labute approximate surface area is 175 Å². The van der Waals surface area contributed by atoms with Crippen molar-refractivity contribution in [3.05, 3.63) is 68.0 Å². The van der Waals surface area contributed by atoms with E-state index in [1.165, 1.54) is 11.8 Å². The predicted octanol–water partition coefficient (Wildman–Crippen LogP) is 5.90. The zero-order valence-electron chi connectivity index (χ0n) is 13.9. The largest absolute Gasteiger partial charge is 0.487 e. The molecule has 0 radical (unpaired) electrons. The molecule has 1 saturated heterocycles. The van der Waals surface area contributed by atoms with Crippen LogP contribution in [0.2, 0.25) is 5.02 Å². The van der Waals surface area contributed by atoms with Crippen LogP contribution in [-0.2, 0) is 11.4 Å². The van der Waals surface area contributed by atoms with Crippen molar-refractivity contribution in [3.63, 3.8) is 0 Å². The topological polar surface area (TPSA) is 29.5 Å². The van der Waals surface area contributed by atoms with Crippen LogP contribution in [-0.4, -0.2) is 21.7 Å². The molecule has 0 atom stereocenters. The molecule has 0 aliphatic carbocycles. The molecule has 0 unspecified atom stereocenters. The molecule has 1 amide bonds. The van der Waals surface area contributed by atoms with Crippen molar-refractivity contribution in [2.24, 2.45) is 0 Å². The number of carbonyl (C=O) groups excluding carboxylic acids is 1. The summed E-state index contributed by atoms with van der Waals surface area (Å²) in [6, 6.07) is 13.4. The fourth-order valence-corrected chi connectivity index (χ4v) is 4.28. The smallest absolute Gasteiger partial charge is 0.266 e. The number of halogens is 2. The van der Waals surface area contributed by atoms with Crippen molar-refractivity contribution < 1.29 is 9.53 Å². The molecule has 1 aliphatic rings. The number of hydrogen-bond donors (Lipinski definition) is 0. The van der Waals surface area contributed by atoms with Crippen molar-refractivity contribution in [3.8, 4) is 5.75 Å². The van der Waals surface area contributed by atoms with E-state index >= 15 is 0 Å². The summed E-state index contributed by atoms with van der Waals surface area (Å²) in [5.41, 5.74) is 1.89. The van der Waals surface area contributed by atoms with Gasteiger partial charge in [0.2, 0.25) is 0 Å². The van der Waals surface area contributed by atoms with Gasteiger partial charge in [-0.2, -0.15) is 0 Å². The zero-order valence-corrected chi connectivity index (χ0v) is 17.8. The molecule has 1 fully saturated rings. The minimum atomic E-state index is -0.0609. The highest BCUT2D eigenvalue weighted by Gasteiger charge is 2.30. The molecule has 7 heteroatoms. The van der Waals surface area contributed by atoms with E-state index < -0.39 is 0 Å². The fraction of sp³-hybridized carbons (Fsp3) is 0.158. The summed E-state index contributed by atoms with van der Waals surface area (Å²) in [7, 11) is 0. The predicted molar refractivity (Wildman–Crippen MR) is 115 cm³/mol. The van der Waals surface area contributed by atoms with Gasteiger partial charge in [-0.1, -0.05) is 69.7 Å². The maximum absolute atomic E-state index is 12.3. The van der Waals surface area contributed by atoms with Gasteiger partial charge in [-0.05, 0) is 48.4 Å². The lowest BCUT2D eigenvalue weighted by molar-refractivity contribution is -0.121. The summed E-state index contributed by atoms with van der Waals surface area (Å²) in [5.74, 6) is 0.544. The van der Waals surface area contributed by atoms with E-state index in [0.717, 1.165) is 15.6 Å². The van der Waals surface area contributed by atoms with Crippen LogP contribution in [0.3, 0.4) is 0 Å². The van der Waals surface area contributed by atoms with Gasteiger partial charge in [-0.3, -0.25) is 9.69 Å². The Bertz CT molecular complexity index is 884. The first-order valence-electron chi connectivity index (χ1n) is 7.90. The molecule has 134 valence electrons. The second-order valence-electron chi connectivity index (χ2n) is 5.53. The Morgan fingerprint density at radius 3 is 2.62 bits per heavy atom. The Morgan fingerprint density at radius 2 is 2.00 bits per heavy atom. The van der Waals surface area contributed by atoms with Crippen LogP contribution in [0.15, 0.2) is 51.8 Å². The molecular weight excluding hydrogens is 454 g/mol. The quantitative estimate of drug-likeness (QED) is 0.403. The SMILES string of the molecule is CCN1C(=O)/C(=C/c2ccc(OCc3ccc(Br)cc3)c(Cl)c2)SC1=S. The lowest BCUT2D eigenvalue weighted by Crippen LogP contribution is -2.27. The number of benzene rings is 2. The second kappa shape index (κ2) is 8.57. The number of thiocarbonyl (C=S) groups is 1. The maximum Gasteiger partial charge on any atom is 0.266 e. The van der Waals surface area contributed by atoms with Crippen molar-refractivity contribution >= 4 is 67.8 Å². The molecule has 26 heavy (non-hydrogen) atoms. The van der Waals surface area contributed by atoms with Crippen molar-refractivity contribution in [1.29, 1.82) is 0 Å². The first-order valence-corrected chi connectivity index (χ1v) is 10.3. The molecule has 0 aromatic heterocycles. The third-order valence-electron chi connectivity index (χ3n) is 3.75. The van der Waals surface area contributed by atoms with Gasteiger partial charge in [0, 0.05) is 11.0 Å². The minimum Gasteiger partial charge on any atom is -0.487 e. The Kier molecular flexibility index (Phi) is 6.40. The number of amides is 1. The molecule has 3 rings (SSSR count). The minimum absolute atomic E-state index is 0.0609. The van der Waals surface area contributed by atoms with Crippen molar-refractivity contribution in [2.45, 2.75) is 13.5 Å². The van der Waals surface area contributed by atoms with Crippen LogP contribution in [0, 0.1) is 0 Å². The zero-order chi connectivity index (χ0) is 18.7. The third-order valence-corrected chi connectivity index (χ3v) is 5.95. The summed E-state index contributed by atoms with van der Waals surface area (Å²) in [5, 5.41) is 0.502. The summed E-state index contributed by atoms with van der Waals surface area (Å²) in [4.78, 5) is 14.5. The van der Waals surface area contributed by atoms with Crippen LogP contribution in [0.25, 0.3) is 6.08 Å². The molecule has 0 bridgehead atoms. The first-order chi connectivity index (χ1) is 12.5. The van der Waals surface area contributed by atoms with E-state index in [1.807, 2.05) is 43.3 Å². The standard InChI is InChI=1S/C19H15BrClNO2S2/c1-2-22-18(23)17(26-19(22)25)10-13-5-8-16(15(21)9-13)24-11-12-3-6-14(20)7-4-12/h3-10H,2,11H2,1H3/b17-10-. The molecule has 1 aliphatic heterocycles. The molecule has 2 aromatic carbocycles. The molecule has 1 heterocycles. The highest BCUT2D eigenvalue weighted by Crippen LogP contribution is 2.34. The van der Waals surface area contributed by atoms with E-state index in [1.54, 1.807) is 17.0 Å². The monoisotopic (exact) mass is 467 g/mol. The normalized spacial score (nSPS) is 15.8. The molecule has 0 saturated carbocycles. The lowest BCUT2D eigenvalue weighted by Gasteiger charge is -2.10. The van der Waals surface area contributed by atoms with Crippen molar-refractivity contribution in [2.75, 3.05) is 6.54 Å². The van der Waals surface area contributed by atoms with E-state index in [0.29, 0.717) is 33.1 Å². The van der Waals surface area contributed by atoms with Crippen LogP contribution in [0.4, 0.5) is 0 Å². The molecule has 2 aromatic rings.